The van der Waals surface area contributed by atoms with E-state index in [0.717, 1.165) is 13.8 Å². The molecule has 8 heteroatoms. The number of aliphatic carboxylic acids is 2. The maximum Gasteiger partial charge on any atom is 1.00 e. The quantitative estimate of drug-likeness (QED) is 0.462. The minimum absolute atomic E-state index is 0. The van der Waals surface area contributed by atoms with Crippen molar-refractivity contribution in [1.29, 1.82) is 0 Å². The zero-order valence-electron chi connectivity index (χ0n) is 8.68. The largest absolute Gasteiger partial charge is 1.00 e. The van der Waals surface area contributed by atoms with Crippen molar-refractivity contribution in [2.24, 2.45) is 0 Å². The molecule has 0 spiro atoms. The number of carboxylic acid groups (broad SMARTS) is 2. The normalized spacial score (nSPS) is 11.7. The van der Waals surface area contributed by atoms with Gasteiger partial charge in [-0.05, 0) is 13.8 Å². The molecular formula is C6H10KNaO6. The van der Waals surface area contributed by atoms with Gasteiger partial charge in [0, 0.05) is 0 Å². The van der Waals surface area contributed by atoms with E-state index in [1.807, 2.05) is 0 Å². The summed E-state index contributed by atoms with van der Waals surface area (Å²) < 4.78 is 0. The van der Waals surface area contributed by atoms with Crippen LogP contribution in [0.25, 0.3) is 0 Å². The Hall–Kier alpha value is 1.50. The molecule has 0 saturated carbocycles. The van der Waals surface area contributed by atoms with E-state index in [1.54, 1.807) is 0 Å². The van der Waals surface area contributed by atoms with Gasteiger partial charge < -0.3 is 30.0 Å². The maximum absolute atomic E-state index is 9.34. The number of aliphatic hydroxyl groups excluding tert-OH is 2. The van der Waals surface area contributed by atoms with Crippen molar-refractivity contribution in [3.63, 3.8) is 0 Å². The van der Waals surface area contributed by atoms with Crippen molar-refractivity contribution in [3.05, 3.63) is 0 Å². The van der Waals surface area contributed by atoms with Gasteiger partial charge in [0.15, 0.2) is 0 Å². The molecule has 0 aromatic carbocycles. The van der Waals surface area contributed by atoms with Crippen molar-refractivity contribution >= 4 is 11.9 Å². The van der Waals surface area contributed by atoms with E-state index in [-0.39, 0.29) is 80.9 Å². The molecule has 72 valence electrons. The molecule has 2 N–H and O–H groups in total. The number of hydrogen-bond acceptors (Lipinski definition) is 6. The van der Waals surface area contributed by atoms with Crippen LogP contribution in [-0.4, -0.2) is 34.4 Å². The average Bonchev–Trinajstić information content (AvgIpc) is 1.88. The first-order valence-corrected chi connectivity index (χ1v) is 3.06. The van der Waals surface area contributed by atoms with Crippen LogP contribution < -0.4 is 91.2 Å². The summed E-state index contributed by atoms with van der Waals surface area (Å²) in [6.07, 6.45) is -2.69. The summed E-state index contributed by atoms with van der Waals surface area (Å²) in [4.78, 5) is 18.7. The predicted molar refractivity (Wildman–Crippen MR) is 33.4 cm³/mol. The van der Waals surface area contributed by atoms with Gasteiger partial charge in [-0.25, -0.2) is 0 Å². The minimum atomic E-state index is -1.44. The first-order chi connectivity index (χ1) is 5.29. The van der Waals surface area contributed by atoms with Gasteiger partial charge in [0.25, 0.3) is 0 Å². The fourth-order valence-corrected chi connectivity index (χ4v) is 0. The Bertz CT molecular complexity index is 142. The van der Waals surface area contributed by atoms with Crippen molar-refractivity contribution in [2.75, 3.05) is 0 Å². The second-order valence-corrected chi connectivity index (χ2v) is 1.99. The van der Waals surface area contributed by atoms with E-state index in [4.69, 9.17) is 10.2 Å². The SMILES string of the molecule is CC(O)C(=O)[O-].CC(O)C(=O)[O-].[K+].[Na+]. The number of hydrogen-bond donors (Lipinski definition) is 2. The number of carbonyl (C=O) groups excluding carboxylic acids is 2. The smallest absolute Gasteiger partial charge is 0.547 e. The third-order valence-corrected chi connectivity index (χ3v) is 0.682. The summed E-state index contributed by atoms with van der Waals surface area (Å²) in [5.41, 5.74) is 0. The Labute approximate surface area is 146 Å². The van der Waals surface area contributed by atoms with Gasteiger partial charge in [0.2, 0.25) is 0 Å². The summed E-state index contributed by atoms with van der Waals surface area (Å²) in [6, 6.07) is 0. The minimum Gasteiger partial charge on any atom is -0.547 e. The summed E-state index contributed by atoms with van der Waals surface area (Å²) >= 11 is 0. The standard InChI is InChI=1S/2C3H6O3.K.Na/c2*1-2(4)3(5)6;;/h2*2,4H,1H3,(H,5,6);;/q;;2*+1/p-2. The van der Waals surface area contributed by atoms with Gasteiger partial charge in [-0.2, -0.15) is 0 Å². The molecular weight excluding hydrogens is 230 g/mol. The van der Waals surface area contributed by atoms with Crippen molar-refractivity contribution < 1.29 is 111 Å². The Kier molecular flexibility index (Phi) is 25.5. The number of aliphatic hydroxyl groups is 2. The van der Waals surface area contributed by atoms with E-state index in [1.165, 1.54) is 0 Å². The Morgan fingerprint density at radius 1 is 1.00 bits per heavy atom. The van der Waals surface area contributed by atoms with E-state index in [0.29, 0.717) is 0 Å². The number of rotatable bonds is 2. The molecule has 0 heterocycles. The van der Waals surface area contributed by atoms with Crippen LogP contribution in [0.1, 0.15) is 13.8 Å². The van der Waals surface area contributed by atoms with Crippen LogP contribution in [0.4, 0.5) is 0 Å². The zero-order chi connectivity index (χ0) is 10.3. The van der Waals surface area contributed by atoms with Crippen LogP contribution >= 0.6 is 0 Å². The predicted octanol–water partition coefficient (Wildman–Crippen LogP) is -9.76. The molecule has 0 aliphatic rings. The molecule has 6 nitrogen and oxygen atoms in total. The molecule has 14 heavy (non-hydrogen) atoms. The van der Waals surface area contributed by atoms with E-state index < -0.39 is 24.1 Å². The van der Waals surface area contributed by atoms with Gasteiger partial charge in [0.05, 0.1) is 24.1 Å². The third kappa shape index (κ3) is 23.4. The Morgan fingerprint density at radius 2 is 1.07 bits per heavy atom. The van der Waals surface area contributed by atoms with Gasteiger partial charge >= 0.3 is 80.9 Å². The Morgan fingerprint density at radius 3 is 1.07 bits per heavy atom. The molecule has 0 amide bonds. The monoisotopic (exact) mass is 240 g/mol. The zero-order valence-corrected chi connectivity index (χ0v) is 13.8. The summed E-state index contributed by atoms with van der Waals surface area (Å²) in [5.74, 6) is -2.87. The van der Waals surface area contributed by atoms with Crippen LogP contribution in [0.2, 0.25) is 0 Å². The molecule has 0 aromatic heterocycles. The molecule has 0 rings (SSSR count). The topological polar surface area (TPSA) is 121 Å². The first-order valence-electron chi connectivity index (χ1n) is 3.06. The summed E-state index contributed by atoms with van der Waals surface area (Å²) in [6.45, 7) is 2.27. The maximum atomic E-state index is 9.34. The van der Waals surface area contributed by atoms with Crippen LogP contribution in [0.5, 0.6) is 0 Å². The molecule has 0 aromatic rings. The Balaban J connectivity index is -0.0000000625. The van der Waals surface area contributed by atoms with Crippen LogP contribution in [0.15, 0.2) is 0 Å². The van der Waals surface area contributed by atoms with Gasteiger partial charge in [-0.1, -0.05) is 0 Å². The second kappa shape index (κ2) is 14.5. The molecule has 0 fully saturated rings. The fraction of sp³-hybridized carbons (Fsp3) is 0.667. The third-order valence-electron chi connectivity index (χ3n) is 0.682. The molecule has 0 radical (unpaired) electrons. The van der Waals surface area contributed by atoms with Gasteiger partial charge in [0.1, 0.15) is 0 Å². The number of carboxylic acids is 2. The summed E-state index contributed by atoms with van der Waals surface area (Å²) in [7, 11) is 0. The van der Waals surface area contributed by atoms with E-state index >= 15 is 0 Å². The average molecular weight is 240 g/mol. The van der Waals surface area contributed by atoms with E-state index in [9.17, 15) is 19.8 Å². The molecule has 2 unspecified atom stereocenters. The van der Waals surface area contributed by atoms with Gasteiger partial charge in [-0.3, -0.25) is 0 Å². The van der Waals surface area contributed by atoms with Gasteiger partial charge in [-0.15, -0.1) is 0 Å². The van der Waals surface area contributed by atoms with Crippen LogP contribution in [-0.2, 0) is 9.59 Å². The van der Waals surface area contributed by atoms with Crippen LogP contribution in [0.3, 0.4) is 0 Å². The second-order valence-electron chi connectivity index (χ2n) is 1.99. The van der Waals surface area contributed by atoms with Crippen molar-refractivity contribution in [1.82, 2.24) is 0 Å². The van der Waals surface area contributed by atoms with Crippen molar-refractivity contribution in [3.8, 4) is 0 Å². The molecule has 0 bridgehead atoms. The van der Waals surface area contributed by atoms with Crippen molar-refractivity contribution in [2.45, 2.75) is 26.1 Å². The molecule has 2 atom stereocenters. The van der Waals surface area contributed by atoms with E-state index in [2.05, 4.69) is 0 Å². The molecule has 0 saturated heterocycles. The molecule has 0 aliphatic heterocycles. The summed E-state index contributed by atoms with van der Waals surface area (Å²) in [5, 5.41) is 34.6. The first kappa shape index (κ1) is 24.6. The molecule has 0 aliphatic carbocycles. The number of carbonyl (C=O) groups is 2. The fourth-order valence-electron chi connectivity index (χ4n) is 0. The van der Waals surface area contributed by atoms with Crippen LogP contribution in [0, 0.1) is 0 Å².